The summed E-state index contributed by atoms with van der Waals surface area (Å²) < 4.78 is 5.48. The van der Waals surface area contributed by atoms with Gasteiger partial charge in [0, 0.05) is 5.92 Å². The highest BCUT2D eigenvalue weighted by Gasteiger charge is 2.52. The summed E-state index contributed by atoms with van der Waals surface area (Å²) in [6, 6.07) is 8.31. The molecule has 4 amide bonds. The number of aromatic nitrogens is 2. The molecule has 2 aromatic rings. The molecule has 2 N–H and O–H groups in total. The van der Waals surface area contributed by atoms with Crippen molar-refractivity contribution in [3.63, 3.8) is 0 Å². The normalized spacial score (nSPS) is 21.7. The second-order valence-corrected chi connectivity index (χ2v) is 7.63. The van der Waals surface area contributed by atoms with Crippen molar-refractivity contribution >= 4 is 29.6 Å². The number of amides is 4. The Hall–Kier alpha value is -2.88. The van der Waals surface area contributed by atoms with Gasteiger partial charge in [0.15, 0.2) is 0 Å². The van der Waals surface area contributed by atoms with E-state index in [1.165, 1.54) is 0 Å². The molecule has 2 fully saturated rings. The highest BCUT2D eigenvalue weighted by molar-refractivity contribution is 7.99. The van der Waals surface area contributed by atoms with E-state index in [4.69, 9.17) is 4.42 Å². The van der Waals surface area contributed by atoms with E-state index in [9.17, 15) is 14.4 Å². The molecular formula is C18H19N5O4S. The zero-order valence-corrected chi connectivity index (χ0v) is 16.0. The van der Waals surface area contributed by atoms with Crippen LogP contribution in [-0.2, 0) is 15.1 Å². The van der Waals surface area contributed by atoms with Crippen molar-refractivity contribution < 1.29 is 18.8 Å². The first kappa shape index (κ1) is 18.5. The molecule has 1 atom stereocenters. The molecule has 0 bridgehead atoms. The van der Waals surface area contributed by atoms with Crippen LogP contribution < -0.4 is 10.7 Å². The fourth-order valence-corrected chi connectivity index (χ4v) is 3.66. The maximum Gasteiger partial charge on any atom is 0.344 e. The Balaban J connectivity index is 1.40. The number of hydrogen-bond acceptors (Lipinski definition) is 7. The Morgan fingerprint density at radius 2 is 2.07 bits per heavy atom. The van der Waals surface area contributed by atoms with Crippen LogP contribution in [0, 0.1) is 0 Å². The van der Waals surface area contributed by atoms with Crippen LogP contribution in [0.25, 0.3) is 0 Å². The van der Waals surface area contributed by atoms with Crippen LogP contribution in [0.3, 0.4) is 0 Å². The first-order valence-electron chi connectivity index (χ1n) is 9.01. The molecule has 9 nitrogen and oxygen atoms in total. The van der Waals surface area contributed by atoms with Gasteiger partial charge in [-0.25, -0.2) is 4.79 Å². The number of benzene rings is 1. The van der Waals surface area contributed by atoms with Crippen LogP contribution in [0.4, 0.5) is 4.79 Å². The van der Waals surface area contributed by atoms with Gasteiger partial charge in [0.2, 0.25) is 11.8 Å². The second-order valence-electron chi connectivity index (χ2n) is 6.70. The topological polar surface area (TPSA) is 117 Å². The molecule has 1 saturated carbocycles. The Morgan fingerprint density at radius 1 is 1.32 bits per heavy atom. The minimum Gasteiger partial charge on any atom is -0.416 e. The van der Waals surface area contributed by atoms with Gasteiger partial charge in [0.1, 0.15) is 5.54 Å². The van der Waals surface area contributed by atoms with Gasteiger partial charge in [-0.3, -0.25) is 15.0 Å². The third-order valence-electron chi connectivity index (χ3n) is 4.80. The maximum atomic E-state index is 12.9. The summed E-state index contributed by atoms with van der Waals surface area (Å²) in [7, 11) is 0. The van der Waals surface area contributed by atoms with Crippen molar-refractivity contribution in [1.82, 2.24) is 25.9 Å². The maximum absolute atomic E-state index is 12.9. The molecule has 28 heavy (non-hydrogen) atoms. The van der Waals surface area contributed by atoms with E-state index < -0.39 is 23.4 Å². The number of imide groups is 1. The molecular weight excluding hydrogens is 382 g/mol. The smallest absolute Gasteiger partial charge is 0.344 e. The lowest BCUT2D eigenvalue weighted by Gasteiger charge is -2.25. The number of urea groups is 1. The third kappa shape index (κ3) is 3.35. The van der Waals surface area contributed by atoms with Crippen molar-refractivity contribution in [2.24, 2.45) is 0 Å². The number of nitrogens with zero attached hydrogens (tertiary/aromatic N) is 3. The summed E-state index contributed by atoms with van der Waals surface area (Å²) in [4.78, 5) is 37.6. The molecule has 0 unspecified atom stereocenters. The van der Waals surface area contributed by atoms with Crippen molar-refractivity contribution in [2.75, 3.05) is 5.75 Å². The summed E-state index contributed by atoms with van der Waals surface area (Å²) >= 11 is 1.06. The molecule has 0 spiro atoms. The highest BCUT2D eigenvalue weighted by Crippen LogP contribution is 2.39. The van der Waals surface area contributed by atoms with Gasteiger partial charge in [-0.05, 0) is 24.8 Å². The number of nitrogens with one attached hydrogen (secondary N) is 2. The Bertz CT molecular complexity index is 914. The van der Waals surface area contributed by atoms with E-state index >= 15 is 0 Å². The van der Waals surface area contributed by atoms with Crippen LogP contribution in [0.1, 0.15) is 43.6 Å². The van der Waals surface area contributed by atoms with Crippen LogP contribution in [0.5, 0.6) is 0 Å². The van der Waals surface area contributed by atoms with Gasteiger partial charge in [-0.1, -0.05) is 49.0 Å². The van der Waals surface area contributed by atoms with E-state index in [0.29, 0.717) is 29.0 Å². The summed E-state index contributed by atoms with van der Waals surface area (Å²) in [5, 5.41) is 11.6. The molecule has 2 heterocycles. The minimum atomic E-state index is -1.19. The van der Waals surface area contributed by atoms with Crippen LogP contribution >= 0.6 is 11.8 Å². The molecule has 1 aliphatic heterocycles. The van der Waals surface area contributed by atoms with E-state index in [2.05, 4.69) is 20.9 Å². The van der Waals surface area contributed by atoms with E-state index in [-0.39, 0.29) is 5.75 Å². The van der Waals surface area contributed by atoms with Gasteiger partial charge in [-0.2, -0.15) is 5.01 Å². The molecule has 10 heteroatoms. The predicted octanol–water partition coefficient (Wildman–Crippen LogP) is 1.93. The lowest BCUT2D eigenvalue weighted by atomic mass is 9.87. The fraction of sp³-hybridized carbons (Fsp3) is 0.389. The number of carbonyl (C=O) groups excluding carboxylic acids is 3. The second kappa shape index (κ2) is 7.27. The number of thioether (sulfide) groups is 1. The zero-order valence-electron chi connectivity index (χ0n) is 15.2. The standard InChI is InChI=1S/C18H19N5O4S/c1-2-18(12-6-4-3-5-7-12)15(25)23(16(26)19-18)22-13(24)10-28-17-21-20-14(27-17)11-8-9-11/h3-7,11H,2,8-10H2,1H3,(H,19,26)(H,22,24)/t18-/m0/s1. The monoisotopic (exact) mass is 401 g/mol. The Kier molecular flexibility index (Phi) is 4.80. The Labute approximate surface area is 165 Å². The van der Waals surface area contributed by atoms with Crippen molar-refractivity contribution in [1.29, 1.82) is 0 Å². The zero-order chi connectivity index (χ0) is 19.7. The third-order valence-corrected chi connectivity index (χ3v) is 5.62. The largest absolute Gasteiger partial charge is 0.416 e. The van der Waals surface area contributed by atoms with E-state index in [1.54, 1.807) is 31.2 Å². The van der Waals surface area contributed by atoms with E-state index in [0.717, 1.165) is 29.6 Å². The lowest BCUT2D eigenvalue weighted by molar-refractivity contribution is -0.138. The molecule has 0 radical (unpaired) electrons. The number of hydrogen-bond donors (Lipinski definition) is 2. The van der Waals surface area contributed by atoms with Gasteiger partial charge in [0.05, 0.1) is 5.75 Å². The minimum absolute atomic E-state index is 0.0617. The number of hydrazine groups is 1. The lowest BCUT2D eigenvalue weighted by Crippen LogP contribution is -2.49. The molecule has 1 aromatic heterocycles. The number of rotatable bonds is 7. The van der Waals surface area contributed by atoms with Crippen LogP contribution in [0.15, 0.2) is 40.0 Å². The molecule has 4 rings (SSSR count). The quantitative estimate of drug-likeness (QED) is 0.538. The van der Waals surface area contributed by atoms with Crippen LogP contribution in [-0.4, -0.2) is 38.8 Å². The number of carbonyl (C=O) groups is 3. The molecule has 1 aliphatic carbocycles. The molecule has 1 saturated heterocycles. The Morgan fingerprint density at radius 3 is 2.75 bits per heavy atom. The first-order valence-corrected chi connectivity index (χ1v) is 10.00. The SMILES string of the molecule is CC[C@@]1(c2ccccc2)NC(=O)N(NC(=O)CSc2nnc(C3CC3)o2)C1=O. The van der Waals surface area contributed by atoms with Gasteiger partial charge in [0.25, 0.3) is 11.1 Å². The fourth-order valence-electron chi connectivity index (χ4n) is 3.10. The van der Waals surface area contributed by atoms with Gasteiger partial charge >= 0.3 is 6.03 Å². The molecule has 1 aromatic carbocycles. The highest BCUT2D eigenvalue weighted by atomic mass is 32.2. The summed E-state index contributed by atoms with van der Waals surface area (Å²) in [5.74, 6) is -0.166. The summed E-state index contributed by atoms with van der Waals surface area (Å²) in [6.07, 6.45) is 2.44. The first-order chi connectivity index (χ1) is 13.5. The average molecular weight is 401 g/mol. The van der Waals surface area contributed by atoms with Gasteiger partial charge < -0.3 is 9.73 Å². The van der Waals surface area contributed by atoms with Crippen molar-refractivity contribution in [3.05, 3.63) is 41.8 Å². The van der Waals surface area contributed by atoms with Crippen LogP contribution in [0.2, 0.25) is 0 Å². The van der Waals surface area contributed by atoms with E-state index in [1.807, 2.05) is 6.07 Å². The van der Waals surface area contributed by atoms with Gasteiger partial charge in [-0.15, -0.1) is 10.2 Å². The summed E-state index contributed by atoms with van der Waals surface area (Å²) in [5.41, 5.74) is 1.85. The predicted molar refractivity (Wildman–Crippen MR) is 98.9 cm³/mol. The molecule has 146 valence electrons. The van der Waals surface area contributed by atoms with Crippen molar-refractivity contribution in [2.45, 2.75) is 42.9 Å². The summed E-state index contributed by atoms with van der Waals surface area (Å²) in [6.45, 7) is 1.80. The van der Waals surface area contributed by atoms with Crippen molar-refractivity contribution in [3.8, 4) is 0 Å². The molecule has 2 aliphatic rings. The average Bonchev–Trinajstić information content (AvgIpc) is 3.41.